The molecule has 2 aliphatic heterocycles. The van der Waals surface area contributed by atoms with Crippen LogP contribution in [0.2, 0.25) is 0 Å². The van der Waals surface area contributed by atoms with Crippen LogP contribution in [-0.2, 0) is 17.9 Å². The van der Waals surface area contributed by atoms with E-state index in [2.05, 4.69) is 20.9 Å². The fourth-order valence-electron chi connectivity index (χ4n) is 4.37. The Morgan fingerprint density at radius 3 is 2.54 bits per heavy atom. The summed E-state index contributed by atoms with van der Waals surface area (Å²) >= 11 is 0. The molecule has 2 aromatic heterocycles. The van der Waals surface area contributed by atoms with Gasteiger partial charge in [-0.2, -0.15) is 0 Å². The summed E-state index contributed by atoms with van der Waals surface area (Å²) in [5.41, 5.74) is 2.27. The van der Waals surface area contributed by atoms with E-state index in [9.17, 15) is 4.79 Å². The number of nitrogens with zero attached hydrogens (tertiary/aromatic N) is 4. The van der Waals surface area contributed by atoms with Crippen molar-refractivity contribution in [1.82, 2.24) is 19.8 Å². The molecule has 4 rings (SSSR count). The Kier molecular flexibility index (Phi) is 4.98. The number of amides is 1. The molecule has 0 radical (unpaired) electrons. The van der Waals surface area contributed by atoms with Crippen molar-refractivity contribution in [3.63, 3.8) is 0 Å². The van der Waals surface area contributed by atoms with E-state index in [1.807, 2.05) is 35.5 Å². The largest absolute Gasteiger partial charge is 0.338 e. The maximum Gasteiger partial charge on any atom is 0.229 e. The monoisotopic (exact) mass is 350 g/mol. The van der Waals surface area contributed by atoms with Crippen molar-refractivity contribution in [2.24, 2.45) is 5.41 Å². The lowest BCUT2D eigenvalue weighted by Gasteiger charge is -2.27. The first-order valence-electron chi connectivity index (χ1n) is 9.55. The minimum absolute atomic E-state index is 0.142. The Bertz CT molecular complexity index is 736. The van der Waals surface area contributed by atoms with Gasteiger partial charge in [-0.15, -0.1) is 0 Å². The van der Waals surface area contributed by atoms with Gasteiger partial charge < -0.3 is 4.90 Å². The fraction of sp³-hybridized carbons (Fsp3) is 0.476. The molecular weight excluding hydrogens is 324 g/mol. The van der Waals surface area contributed by atoms with Crippen molar-refractivity contribution in [3.05, 3.63) is 60.2 Å². The molecule has 0 aliphatic carbocycles. The zero-order valence-corrected chi connectivity index (χ0v) is 15.2. The third-order valence-electron chi connectivity index (χ3n) is 5.89. The number of pyridine rings is 2. The molecule has 5 heteroatoms. The van der Waals surface area contributed by atoms with Gasteiger partial charge in [-0.05, 0) is 68.1 Å². The van der Waals surface area contributed by atoms with Crippen LogP contribution in [0.25, 0.3) is 0 Å². The van der Waals surface area contributed by atoms with Gasteiger partial charge in [0.2, 0.25) is 5.91 Å². The van der Waals surface area contributed by atoms with Crippen LogP contribution in [-0.4, -0.2) is 45.3 Å². The SMILES string of the molecule is O=C1N(Cc2ccncc2)CCC12CCCN(Cc1cccnc1)CC2. The average molecular weight is 350 g/mol. The molecule has 0 saturated carbocycles. The minimum atomic E-state index is -0.142. The van der Waals surface area contributed by atoms with Crippen molar-refractivity contribution < 1.29 is 4.79 Å². The van der Waals surface area contributed by atoms with Gasteiger partial charge in [0, 0.05) is 44.4 Å². The summed E-state index contributed by atoms with van der Waals surface area (Å²) in [7, 11) is 0. The third kappa shape index (κ3) is 3.63. The molecule has 2 fully saturated rings. The van der Waals surface area contributed by atoms with Gasteiger partial charge in [-0.3, -0.25) is 19.7 Å². The summed E-state index contributed by atoms with van der Waals surface area (Å²) in [5.74, 6) is 0.359. The summed E-state index contributed by atoms with van der Waals surface area (Å²) < 4.78 is 0. The van der Waals surface area contributed by atoms with E-state index in [4.69, 9.17) is 0 Å². The Hall–Kier alpha value is -2.27. The number of hydrogen-bond donors (Lipinski definition) is 0. The Balaban J connectivity index is 1.39. The van der Waals surface area contributed by atoms with Crippen LogP contribution in [0.15, 0.2) is 49.1 Å². The van der Waals surface area contributed by atoms with E-state index < -0.39 is 0 Å². The highest BCUT2D eigenvalue weighted by molar-refractivity contribution is 5.84. The fourth-order valence-corrected chi connectivity index (χ4v) is 4.37. The van der Waals surface area contributed by atoms with Gasteiger partial charge in [-0.25, -0.2) is 0 Å². The molecule has 0 bridgehead atoms. The van der Waals surface area contributed by atoms with Gasteiger partial charge in [0.15, 0.2) is 0 Å². The second-order valence-corrected chi connectivity index (χ2v) is 7.60. The Morgan fingerprint density at radius 2 is 1.73 bits per heavy atom. The second kappa shape index (κ2) is 7.54. The molecule has 1 unspecified atom stereocenters. The molecule has 5 nitrogen and oxygen atoms in total. The summed E-state index contributed by atoms with van der Waals surface area (Å²) in [4.78, 5) is 26.0. The first-order chi connectivity index (χ1) is 12.8. The van der Waals surface area contributed by atoms with E-state index in [0.717, 1.165) is 57.4 Å². The van der Waals surface area contributed by atoms with Crippen molar-refractivity contribution >= 4 is 5.91 Å². The molecule has 2 aromatic rings. The Labute approximate surface area is 155 Å². The zero-order chi connectivity index (χ0) is 17.8. The summed E-state index contributed by atoms with van der Waals surface area (Å²) in [6, 6.07) is 8.12. The highest BCUT2D eigenvalue weighted by atomic mass is 16.2. The van der Waals surface area contributed by atoms with Gasteiger partial charge in [-0.1, -0.05) is 6.07 Å². The van der Waals surface area contributed by atoms with Crippen molar-refractivity contribution in [1.29, 1.82) is 0 Å². The number of hydrogen-bond acceptors (Lipinski definition) is 4. The van der Waals surface area contributed by atoms with E-state index in [0.29, 0.717) is 12.5 Å². The highest BCUT2D eigenvalue weighted by Crippen LogP contribution is 2.42. The first kappa shape index (κ1) is 17.2. The topological polar surface area (TPSA) is 49.3 Å². The maximum absolute atomic E-state index is 13.2. The highest BCUT2D eigenvalue weighted by Gasteiger charge is 2.46. The van der Waals surface area contributed by atoms with E-state index in [1.54, 1.807) is 12.4 Å². The molecule has 136 valence electrons. The molecule has 2 saturated heterocycles. The predicted molar refractivity (Wildman–Crippen MR) is 100 cm³/mol. The molecule has 1 spiro atoms. The van der Waals surface area contributed by atoms with Crippen molar-refractivity contribution in [3.8, 4) is 0 Å². The Morgan fingerprint density at radius 1 is 0.885 bits per heavy atom. The van der Waals surface area contributed by atoms with Crippen LogP contribution < -0.4 is 0 Å². The number of rotatable bonds is 4. The van der Waals surface area contributed by atoms with Crippen LogP contribution in [0.1, 0.15) is 36.8 Å². The molecular formula is C21H26N4O. The van der Waals surface area contributed by atoms with E-state index >= 15 is 0 Å². The molecule has 4 heterocycles. The molecule has 2 aliphatic rings. The maximum atomic E-state index is 13.2. The second-order valence-electron chi connectivity index (χ2n) is 7.60. The lowest BCUT2D eigenvalue weighted by atomic mass is 9.79. The zero-order valence-electron chi connectivity index (χ0n) is 15.2. The van der Waals surface area contributed by atoms with E-state index in [1.165, 1.54) is 5.56 Å². The van der Waals surface area contributed by atoms with E-state index in [-0.39, 0.29) is 5.41 Å². The molecule has 1 atom stereocenters. The molecule has 0 aromatic carbocycles. The standard InChI is InChI=1S/C21H26N4O/c26-20-21(8-14-25(20)17-18-4-10-22-11-5-18)6-2-12-24(13-7-21)16-19-3-1-9-23-15-19/h1,3-5,9-11,15H,2,6-8,12-14,16-17H2. The molecule has 26 heavy (non-hydrogen) atoms. The van der Waals surface area contributed by atoms with Crippen LogP contribution in [0, 0.1) is 5.41 Å². The van der Waals surface area contributed by atoms with Gasteiger partial charge >= 0.3 is 0 Å². The van der Waals surface area contributed by atoms with Crippen LogP contribution >= 0.6 is 0 Å². The lowest BCUT2D eigenvalue weighted by molar-refractivity contribution is -0.137. The number of carbonyl (C=O) groups excluding carboxylic acids is 1. The summed E-state index contributed by atoms with van der Waals surface area (Å²) in [6.07, 6.45) is 11.4. The average Bonchev–Trinajstić information content (AvgIpc) is 2.85. The predicted octanol–water partition coefficient (Wildman–Crippen LogP) is 2.88. The molecule has 1 amide bonds. The number of likely N-dealkylation sites (tertiary alicyclic amines) is 2. The minimum Gasteiger partial charge on any atom is -0.338 e. The van der Waals surface area contributed by atoms with Gasteiger partial charge in [0.1, 0.15) is 0 Å². The third-order valence-corrected chi connectivity index (χ3v) is 5.89. The quantitative estimate of drug-likeness (QED) is 0.851. The van der Waals surface area contributed by atoms with Crippen LogP contribution in [0.3, 0.4) is 0 Å². The smallest absolute Gasteiger partial charge is 0.229 e. The van der Waals surface area contributed by atoms with Crippen molar-refractivity contribution in [2.45, 2.75) is 38.8 Å². The molecule has 0 N–H and O–H groups in total. The normalized spacial score (nSPS) is 24.2. The summed E-state index contributed by atoms with van der Waals surface area (Å²) in [6.45, 7) is 4.57. The first-order valence-corrected chi connectivity index (χ1v) is 9.55. The summed E-state index contributed by atoms with van der Waals surface area (Å²) in [5, 5.41) is 0. The number of aromatic nitrogens is 2. The van der Waals surface area contributed by atoms with Gasteiger partial charge in [0.25, 0.3) is 0 Å². The van der Waals surface area contributed by atoms with Crippen LogP contribution in [0.5, 0.6) is 0 Å². The van der Waals surface area contributed by atoms with Crippen LogP contribution in [0.4, 0.5) is 0 Å². The van der Waals surface area contributed by atoms with Crippen molar-refractivity contribution in [2.75, 3.05) is 19.6 Å². The van der Waals surface area contributed by atoms with Gasteiger partial charge in [0.05, 0.1) is 5.41 Å². The number of carbonyl (C=O) groups is 1. The lowest BCUT2D eigenvalue weighted by Crippen LogP contribution is -2.35.